The van der Waals surface area contributed by atoms with Crippen molar-refractivity contribution in [2.24, 2.45) is 0 Å². The van der Waals surface area contributed by atoms with Crippen molar-refractivity contribution in [3.8, 4) is 0 Å². The third kappa shape index (κ3) is 5.58. The van der Waals surface area contributed by atoms with Gasteiger partial charge in [-0.2, -0.15) is 0 Å². The van der Waals surface area contributed by atoms with Crippen molar-refractivity contribution >= 4 is 23.5 Å². The molecule has 1 saturated heterocycles. The van der Waals surface area contributed by atoms with Gasteiger partial charge in [0.05, 0.1) is 6.54 Å². The second kappa shape index (κ2) is 10.6. The van der Waals surface area contributed by atoms with Crippen LogP contribution in [0.2, 0.25) is 0 Å². The number of hydrogen-bond acceptors (Lipinski definition) is 3. The third-order valence-electron chi connectivity index (χ3n) is 5.66. The summed E-state index contributed by atoms with van der Waals surface area (Å²) in [6.45, 7) is 0.805. The maximum absolute atomic E-state index is 13.2. The van der Waals surface area contributed by atoms with E-state index in [4.69, 9.17) is 0 Å². The van der Waals surface area contributed by atoms with Gasteiger partial charge in [-0.15, -0.1) is 0 Å². The highest BCUT2D eigenvalue weighted by molar-refractivity contribution is 5.98. The molecule has 4 amide bonds. The van der Waals surface area contributed by atoms with Crippen LogP contribution in [0.1, 0.15) is 15.9 Å². The van der Waals surface area contributed by atoms with E-state index < -0.39 is 17.9 Å². The molecule has 174 valence electrons. The first-order valence-corrected chi connectivity index (χ1v) is 11.0. The zero-order chi connectivity index (χ0) is 23.9. The molecule has 8 heteroatoms. The van der Waals surface area contributed by atoms with Crippen LogP contribution in [0.25, 0.3) is 0 Å². The lowest BCUT2D eigenvalue weighted by atomic mass is 10.1. The van der Waals surface area contributed by atoms with Gasteiger partial charge in [-0.3, -0.25) is 9.59 Å². The van der Waals surface area contributed by atoms with E-state index in [-0.39, 0.29) is 31.4 Å². The highest BCUT2D eigenvalue weighted by Crippen LogP contribution is 2.17. The Labute approximate surface area is 197 Å². The molecule has 1 aliphatic rings. The minimum absolute atomic E-state index is 0.0340. The Balaban J connectivity index is 1.49. The molecule has 34 heavy (non-hydrogen) atoms. The molecular formula is C26H25FN4O3. The summed E-state index contributed by atoms with van der Waals surface area (Å²) < 4.78 is 13.2. The number of anilines is 1. The largest absolute Gasteiger partial charge is 0.350 e. The molecule has 7 nitrogen and oxygen atoms in total. The average molecular weight is 461 g/mol. The Morgan fingerprint density at radius 2 is 1.50 bits per heavy atom. The van der Waals surface area contributed by atoms with Crippen LogP contribution >= 0.6 is 0 Å². The smallest absolute Gasteiger partial charge is 0.321 e. The molecule has 1 unspecified atom stereocenters. The normalized spacial score (nSPS) is 15.5. The van der Waals surface area contributed by atoms with E-state index in [2.05, 4.69) is 10.6 Å². The molecule has 0 aromatic heterocycles. The van der Waals surface area contributed by atoms with Crippen LogP contribution in [0, 0.1) is 5.82 Å². The summed E-state index contributed by atoms with van der Waals surface area (Å²) in [5, 5.41) is 5.60. The number of benzene rings is 3. The molecule has 3 aromatic rings. The maximum atomic E-state index is 13.2. The number of amides is 4. The van der Waals surface area contributed by atoms with Crippen molar-refractivity contribution < 1.29 is 18.8 Å². The molecule has 3 aromatic carbocycles. The van der Waals surface area contributed by atoms with Crippen molar-refractivity contribution in [3.05, 3.63) is 102 Å². The third-order valence-corrected chi connectivity index (χ3v) is 5.66. The molecule has 0 aliphatic carbocycles. The molecule has 1 atom stereocenters. The first kappa shape index (κ1) is 23.0. The number of nitrogens with zero attached hydrogens (tertiary/aromatic N) is 2. The summed E-state index contributed by atoms with van der Waals surface area (Å²) in [5.74, 6) is -1.01. The summed E-state index contributed by atoms with van der Waals surface area (Å²) in [6.07, 6.45) is 0. The number of piperazine rings is 1. The highest BCUT2D eigenvalue weighted by atomic mass is 19.1. The van der Waals surface area contributed by atoms with E-state index in [0.29, 0.717) is 17.8 Å². The van der Waals surface area contributed by atoms with E-state index in [1.54, 1.807) is 24.3 Å². The van der Waals surface area contributed by atoms with Crippen molar-refractivity contribution in [3.63, 3.8) is 0 Å². The Bertz CT molecular complexity index is 1140. The van der Waals surface area contributed by atoms with Gasteiger partial charge in [0.1, 0.15) is 11.9 Å². The molecule has 1 aliphatic heterocycles. The number of carbonyl (C=O) groups is 3. The minimum atomic E-state index is -0.857. The first-order valence-electron chi connectivity index (χ1n) is 11.0. The van der Waals surface area contributed by atoms with Crippen LogP contribution < -0.4 is 10.6 Å². The summed E-state index contributed by atoms with van der Waals surface area (Å²) in [6, 6.07) is 22.4. The van der Waals surface area contributed by atoms with Crippen LogP contribution in [0.15, 0.2) is 84.9 Å². The lowest BCUT2D eigenvalue weighted by molar-refractivity contribution is -0.127. The van der Waals surface area contributed by atoms with Gasteiger partial charge in [0.25, 0.3) is 5.91 Å². The van der Waals surface area contributed by atoms with E-state index in [1.807, 2.05) is 36.4 Å². The minimum Gasteiger partial charge on any atom is -0.350 e. The Morgan fingerprint density at radius 1 is 0.853 bits per heavy atom. The second-order valence-electron chi connectivity index (χ2n) is 7.97. The SMILES string of the molecule is O=C(NCc1ccccc1)C1CN(C(=O)Nc2ccc(F)cc2)CCN1C(=O)c1ccccc1. The molecule has 2 N–H and O–H groups in total. The zero-order valence-electron chi connectivity index (χ0n) is 18.5. The van der Waals surface area contributed by atoms with Crippen LogP contribution in [0.3, 0.4) is 0 Å². The average Bonchev–Trinajstić information content (AvgIpc) is 2.89. The molecular weight excluding hydrogens is 435 g/mol. The molecule has 0 spiro atoms. The van der Waals surface area contributed by atoms with Gasteiger partial charge in [-0.25, -0.2) is 9.18 Å². The van der Waals surface area contributed by atoms with Gasteiger partial charge in [0.15, 0.2) is 0 Å². The number of rotatable bonds is 5. The monoisotopic (exact) mass is 460 g/mol. The molecule has 1 fully saturated rings. The standard InChI is InChI=1S/C26H25FN4O3/c27-21-11-13-22(14-12-21)29-26(34)30-15-16-31(25(33)20-9-5-2-6-10-20)23(18-30)24(32)28-17-19-7-3-1-4-8-19/h1-14,23H,15-18H2,(H,28,32)(H,29,34). The number of halogens is 1. The molecule has 1 heterocycles. The van der Waals surface area contributed by atoms with Crippen LogP contribution in [-0.2, 0) is 11.3 Å². The van der Waals surface area contributed by atoms with Crippen LogP contribution in [0.4, 0.5) is 14.9 Å². The predicted octanol–water partition coefficient (Wildman–Crippen LogP) is 3.50. The van der Waals surface area contributed by atoms with Gasteiger partial charge in [0.2, 0.25) is 5.91 Å². The summed E-state index contributed by atoms with van der Waals surface area (Å²) in [5.41, 5.74) is 1.85. The van der Waals surface area contributed by atoms with Gasteiger partial charge in [0, 0.05) is 30.9 Å². The van der Waals surface area contributed by atoms with Gasteiger partial charge >= 0.3 is 6.03 Å². The molecule has 0 bridgehead atoms. The van der Waals surface area contributed by atoms with Gasteiger partial charge < -0.3 is 20.4 Å². The van der Waals surface area contributed by atoms with Crippen molar-refractivity contribution in [2.75, 3.05) is 25.0 Å². The first-order chi connectivity index (χ1) is 16.5. The van der Waals surface area contributed by atoms with Crippen molar-refractivity contribution in [2.45, 2.75) is 12.6 Å². The number of nitrogens with one attached hydrogen (secondary N) is 2. The summed E-state index contributed by atoms with van der Waals surface area (Å²) in [7, 11) is 0. The molecule has 0 saturated carbocycles. The Morgan fingerprint density at radius 3 is 2.18 bits per heavy atom. The number of carbonyl (C=O) groups excluding carboxylic acids is 3. The van der Waals surface area contributed by atoms with Gasteiger partial charge in [-0.1, -0.05) is 48.5 Å². The topological polar surface area (TPSA) is 81.8 Å². The molecule has 4 rings (SSSR count). The Kier molecular flexibility index (Phi) is 7.17. The van der Waals surface area contributed by atoms with E-state index in [1.165, 1.54) is 34.1 Å². The zero-order valence-corrected chi connectivity index (χ0v) is 18.5. The predicted molar refractivity (Wildman–Crippen MR) is 127 cm³/mol. The van der Waals surface area contributed by atoms with E-state index in [0.717, 1.165) is 5.56 Å². The summed E-state index contributed by atoms with van der Waals surface area (Å²) in [4.78, 5) is 42.2. The van der Waals surface area contributed by atoms with E-state index >= 15 is 0 Å². The van der Waals surface area contributed by atoms with E-state index in [9.17, 15) is 18.8 Å². The second-order valence-corrected chi connectivity index (χ2v) is 7.97. The Hall–Kier alpha value is -4.20. The lowest BCUT2D eigenvalue weighted by Gasteiger charge is -2.40. The van der Waals surface area contributed by atoms with Crippen LogP contribution in [-0.4, -0.2) is 53.3 Å². The number of urea groups is 1. The van der Waals surface area contributed by atoms with Crippen LogP contribution in [0.5, 0.6) is 0 Å². The maximum Gasteiger partial charge on any atom is 0.321 e. The number of hydrogen-bond donors (Lipinski definition) is 2. The fraction of sp³-hybridized carbons (Fsp3) is 0.192. The fourth-order valence-electron chi connectivity index (χ4n) is 3.82. The van der Waals surface area contributed by atoms with Crippen molar-refractivity contribution in [1.29, 1.82) is 0 Å². The fourth-order valence-corrected chi connectivity index (χ4v) is 3.82. The quantitative estimate of drug-likeness (QED) is 0.612. The van der Waals surface area contributed by atoms with Crippen molar-refractivity contribution in [1.82, 2.24) is 15.1 Å². The lowest BCUT2D eigenvalue weighted by Crippen LogP contribution is -2.62. The summed E-state index contributed by atoms with van der Waals surface area (Å²) >= 11 is 0. The van der Waals surface area contributed by atoms with Gasteiger partial charge in [-0.05, 0) is 42.0 Å². The highest BCUT2D eigenvalue weighted by Gasteiger charge is 2.37. The molecule has 0 radical (unpaired) electrons.